The van der Waals surface area contributed by atoms with Gasteiger partial charge in [-0.3, -0.25) is 9.48 Å². The first-order valence-corrected chi connectivity index (χ1v) is 8.49. The van der Waals surface area contributed by atoms with E-state index in [9.17, 15) is 4.79 Å². The van der Waals surface area contributed by atoms with E-state index in [1.54, 1.807) is 29.3 Å². The summed E-state index contributed by atoms with van der Waals surface area (Å²) in [6.45, 7) is 2.12. The molecular formula is C16H23ClN4OS. The number of hydrogen-bond donors (Lipinski definition) is 2. The van der Waals surface area contributed by atoms with E-state index >= 15 is 0 Å². The number of hydrogen-bond acceptors (Lipinski definition) is 4. The van der Waals surface area contributed by atoms with Crippen molar-refractivity contribution >= 4 is 34.7 Å². The molecule has 0 radical (unpaired) electrons. The number of aryl methyl sites for hydroxylation is 2. The van der Waals surface area contributed by atoms with Crippen molar-refractivity contribution in [2.75, 3.05) is 12.4 Å². The molecule has 0 saturated heterocycles. The molecular weight excluding hydrogens is 332 g/mol. The summed E-state index contributed by atoms with van der Waals surface area (Å²) in [4.78, 5) is 14.1. The monoisotopic (exact) mass is 354 g/mol. The number of fused-ring (bicyclic) bond motifs is 1. The Bertz CT molecular complexity index is 694. The van der Waals surface area contributed by atoms with Crippen LogP contribution in [0.1, 0.15) is 40.5 Å². The number of nitrogens with zero attached hydrogens (tertiary/aromatic N) is 2. The summed E-state index contributed by atoms with van der Waals surface area (Å²) in [6, 6.07) is -0.382. The second kappa shape index (κ2) is 7.47. The fraction of sp³-hybridized carbons (Fsp3) is 0.500. The van der Waals surface area contributed by atoms with Crippen molar-refractivity contribution in [2.24, 2.45) is 7.05 Å². The van der Waals surface area contributed by atoms with Gasteiger partial charge in [-0.1, -0.05) is 0 Å². The van der Waals surface area contributed by atoms with Crippen LogP contribution in [0.15, 0.2) is 12.4 Å². The fourth-order valence-electron chi connectivity index (χ4n) is 3.07. The third-order valence-electron chi connectivity index (χ3n) is 4.28. The normalized spacial score (nSPS) is 14.7. The molecule has 1 amide bonds. The number of anilines is 1. The van der Waals surface area contributed by atoms with Gasteiger partial charge in [0.05, 0.1) is 11.2 Å². The Labute approximate surface area is 146 Å². The van der Waals surface area contributed by atoms with Crippen molar-refractivity contribution in [3.8, 4) is 0 Å². The first-order chi connectivity index (χ1) is 10.6. The molecule has 2 aromatic rings. The number of aromatic nitrogens is 2. The number of halogens is 1. The molecule has 2 N–H and O–H groups in total. The van der Waals surface area contributed by atoms with Crippen LogP contribution in [-0.2, 0) is 24.7 Å². The van der Waals surface area contributed by atoms with Gasteiger partial charge in [-0.05, 0) is 50.8 Å². The van der Waals surface area contributed by atoms with E-state index in [0.717, 1.165) is 23.4 Å². The van der Waals surface area contributed by atoms with Gasteiger partial charge in [0.2, 0.25) is 5.91 Å². The van der Waals surface area contributed by atoms with E-state index < -0.39 is 0 Å². The van der Waals surface area contributed by atoms with Crippen LogP contribution in [0.5, 0.6) is 0 Å². The van der Waals surface area contributed by atoms with E-state index in [-0.39, 0.29) is 24.4 Å². The zero-order valence-corrected chi connectivity index (χ0v) is 15.3. The molecule has 2 aromatic heterocycles. The molecule has 1 aliphatic rings. The van der Waals surface area contributed by atoms with E-state index in [0.29, 0.717) is 0 Å². The number of amides is 1. The summed E-state index contributed by atoms with van der Waals surface area (Å²) in [7, 11) is 3.65. The van der Waals surface area contributed by atoms with Gasteiger partial charge in [-0.15, -0.1) is 23.7 Å². The molecule has 3 rings (SSSR count). The summed E-state index contributed by atoms with van der Waals surface area (Å²) in [6.07, 6.45) is 8.41. The second-order valence-electron chi connectivity index (χ2n) is 5.82. The molecule has 0 spiro atoms. The van der Waals surface area contributed by atoms with Crippen molar-refractivity contribution in [3.63, 3.8) is 0 Å². The lowest BCUT2D eigenvalue weighted by Gasteiger charge is -2.14. The van der Waals surface area contributed by atoms with Gasteiger partial charge in [0.25, 0.3) is 0 Å². The molecule has 5 nitrogen and oxygen atoms in total. The molecule has 0 aromatic carbocycles. The minimum Gasteiger partial charge on any atom is -0.316 e. The third-order valence-corrected chi connectivity index (χ3v) is 5.59. The Morgan fingerprint density at radius 3 is 2.74 bits per heavy atom. The summed E-state index contributed by atoms with van der Waals surface area (Å²) >= 11 is 1.74. The van der Waals surface area contributed by atoms with Crippen molar-refractivity contribution in [1.82, 2.24) is 15.1 Å². The molecule has 7 heteroatoms. The van der Waals surface area contributed by atoms with E-state index in [1.807, 2.05) is 13.2 Å². The molecule has 23 heavy (non-hydrogen) atoms. The van der Waals surface area contributed by atoms with E-state index in [4.69, 9.17) is 0 Å². The number of rotatable bonds is 4. The highest BCUT2D eigenvalue weighted by Crippen LogP contribution is 2.37. The zero-order chi connectivity index (χ0) is 15.7. The van der Waals surface area contributed by atoms with Crippen LogP contribution >= 0.6 is 23.7 Å². The largest absolute Gasteiger partial charge is 0.316 e. The summed E-state index contributed by atoms with van der Waals surface area (Å²) in [5.74, 6) is -0.0304. The lowest BCUT2D eigenvalue weighted by molar-refractivity contribution is -0.118. The van der Waals surface area contributed by atoms with Gasteiger partial charge < -0.3 is 10.6 Å². The van der Waals surface area contributed by atoms with Crippen LogP contribution < -0.4 is 10.6 Å². The van der Waals surface area contributed by atoms with Crippen molar-refractivity contribution in [3.05, 3.63) is 34.0 Å². The van der Waals surface area contributed by atoms with Crippen LogP contribution in [0.2, 0.25) is 0 Å². The lowest BCUT2D eigenvalue weighted by Crippen LogP contribution is -2.30. The number of thiophene rings is 1. The van der Waals surface area contributed by atoms with E-state index in [1.165, 1.54) is 28.8 Å². The smallest absolute Gasteiger partial charge is 0.246 e. The van der Waals surface area contributed by atoms with Crippen LogP contribution in [0.25, 0.3) is 0 Å². The standard InChI is InChI=1S/C16H22N4OS.ClH/c1-10-12-6-4-5-7-13(12)22-16(10)19-15(21)14(17-2)11-8-18-20(3)9-11;/h8-9,14,17H,4-7H2,1-3H3,(H,19,21);1H. The maximum atomic E-state index is 12.6. The molecule has 0 fully saturated rings. The van der Waals surface area contributed by atoms with Gasteiger partial charge in [0.1, 0.15) is 6.04 Å². The predicted molar refractivity (Wildman–Crippen MR) is 96.6 cm³/mol. The molecule has 1 atom stereocenters. The van der Waals surface area contributed by atoms with Crippen LogP contribution in [0, 0.1) is 6.92 Å². The molecule has 0 saturated carbocycles. The lowest BCUT2D eigenvalue weighted by atomic mass is 9.96. The van der Waals surface area contributed by atoms with Gasteiger partial charge in [-0.2, -0.15) is 5.10 Å². The molecule has 126 valence electrons. The van der Waals surface area contributed by atoms with Crippen molar-refractivity contribution in [1.29, 1.82) is 0 Å². The molecule has 2 heterocycles. The summed E-state index contributed by atoms with van der Waals surface area (Å²) in [5.41, 5.74) is 3.57. The molecule has 1 unspecified atom stereocenters. The highest BCUT2D eigenvalue weighted by Gasteiger charge is 2.24. The highest BCUT2D eigenvalue weighted by atomic mass is 35.5. The van der Waals surface area contributed by atoms with Crippen molar-refractivity contribution < 1.29 is 4.79 Å². The van der Waals surface area contributed by atoms with Crippen molar-refractivity contribution in [2.45, 2.75) is 38.6 Å². The highest BCUT2D eigenvalue weighted by molar-refractivity contribution is 7.16. The topological polar surface area (TPSA) is 59.0 Å². The Morgan fingerprint density at radius 1 is 1.39 bits per heavy atom. The maximum absolute atomic E-state index is 12.6. The van der Waals surface area contributed by atoms with Gasteiger partial charge >= 0.3 is 0 Å². The number of likely N-dealkylation sites (N-methyl/N-ethyl adjacent to an activating group) is 1. The Hall–Kier alpha value is -1.37. The average molecular weight is 355 g/mol. The SMILES string of the molecule is CNC(C(=O)Nc1sc2c(c1C)CCCC2)c1cnn(C)c1.Cl. The summed E-state index contributed by atoms with van der Waals surface area (Å²) in [5, 5.41) is 11.3. The first-order valence-electron chi connectivity index (χ1n) is 7.68. The fourth-order valence-corrected chi connectivity index (χ4v) is 4.36. The summed E-state index contributed by atoms with van der Waals surface area (Å²) < 4.78 is 1.71. The number of nitrogens with one attached hydrogen (secondary N) is 2. The van der Waals surface area contributed by atoms with Gasteiger partial charge in [0, 0.05) is 23.7 Å². The quantitative estimate of drug-likeness (QED) is 0.887. The maximum Gasteiger partial charge on any atom is 0.246 e. The van der Waals surface area contributed by atoms with E-state index in [2.05, 4.69) is 22.7 Å². The minimum absolute atomic E-state index is 0. The zero-order valence-electron chi connectivity index (χ0n) is 13.7. The minimum atomic E-state index is -0.382. The van der Waals surface area contributed by atoms with Crippen LogP contribution in [0.3, 0.4) is 0 Å². The Balaban J connectivity index is 0.00000192. The number of carbonyl (C=O) groups excluding carboxylic acids is 1. The first kappa shape index (κ1) is 18.0. The average Bonchev–Trinajstić information content (AvgIpc) is 3.05. The third kappa shape index (κ3) is 3.59. The Kier molecular flexibility index (Phi) is 5.84. The molecule has 0 bridgehead atoms. The van der Waals surface area contributed by atoms with Crippen LogP contribution in [0.4, 0.5) is 5.00 Å². The van der Waals surface area contributed by atoms with Gasteiger partial charge in [-0.25, -0.2) is 0 Å². The molecule has 0 aliphatic heterocycles. The van der Waals surface area contributed by atoms with Gasteiger partial charge in [0.15, 0.2) is 0 Å². The Morgan fingerprint density at radius 2 is 2.13 bits per heavy atom. The second-order valence-corrected chi connectivity index (χ2v) is 6.93. The predicted octanol–water partition coefficient (Wildman–Crippen LogP) is 2.99. The molecule has 1 aliphatic carbocycles. The van der Waals surface area contributed by atoms with Crippen LogP contribution in [-0.4, -0.2) is 22.7 Å². The number of carbonyl (C=O) groups is 1.